The molecule has 0 bridgehead atoms. The molecule has 1 aromatic rings. The summed E-state index contributed by atoms with van der Waals surface area (Å²) >= 11 is 0. The lowest BCUT2D eigenvalue weighted by atomic mass is 9.88. The van der Waals surface area contributed by atoms with Crippen LogP contribution in [-0.2, 0) is 6.42 Å². The van der Waals surface area contributed by atoms with Gasteiger partial charge in [-0.25, -0.2) is 0 Å². The highest BCUT2D eigenvalue weighted by molar-refractivity contribution is 5.28. The van der Waals surface area contributed by atoms with Gasteiger partial charge in [0.2, 0.25) is 0 Å². The van der Waals surface area contributed by atoms with Crippen LogP contribution in [0.3, 0.4) is 0 Å². The Bertz CT molecular complexity index is 366. The van der Waals surface area contributed by atoms with Crippen LogP contribution in [0.4, 0.5) is 0 Å². The van der Waals surface area contributed by atoms with Crippen LogP contribution in [0.2, 0.25) is 0 Å². The summed E-state index contributed by atoms with van der Waals surface area (Å²) in [4.78, 5) is 0. The summed E-state index contributed by atoms with van der Waals surface area (Å²) < 4.78 is 0. The fraction of sp³-hybridized carbons (Fsp3) is 0.647. The fourth-order valence-corrected chi connectivity index (χ4v) is 3.24. The molecule has 0 aliphatic carbocycles. The molecule has 1 nitrogen and oxygen atoms in total. The van der Waals surface area contributed by atoms with E-state index >= 15 is 0 Å². The predicted molar refractivity (Wildman–Crippen MR) is 79.0 cm³/mol. The van der Waals surface area contributed by atoms with Gasteiger partial charge in [-0.05, 0) is 43.2 Å². The van der Waals surface area contributed by atoms with Crippen molar-refractivity contribution in [1.29, 1.82) is 0 Å². The Balaban J connectivity index is 2.09. The van der Waals surface area contributed by atoms with Crippen molar-refractivity contribution in [2.45, 2.75) is 65.0 Å². The summed E-state index contributed by atoms with van der Waals surface area (Å²) in [6.07, 6.45) is 3.70. The molecular formula is C17H27N. The third-order valence-electron chi connectivity index (χ3n) is 4.08. The molecule has 100 valence electrons. The zero-order valence-corrected chi connectivity index (χ0v) is 12.2. The first-order valence-corrected chi connectivity index (χ1v) is 7.45. The number of benzene rings is 1. The van der Waals surface area contributed by atoms with Crippen LogP contribution in [0, 0.1) is 5.92 Å². The number of nitrogens with one attached hydrogen (secondary N) is 1. The second-order valence-corrected chi connectivity index (χ2v) is 6.26. The van der Waals surface area contributed by atoms with Crippen molar-refractivity contribution in [3.05, 3.63) is 35.4 Å². The number of hydrogen-bond acceptors (Lipinski definition) is 1. The average molecular weight is 245 g/mol. The smallest absolute Gasteiger partial charge is 0.0136 e. The average Bonchev–Trinajstić information content (AvgIpc) is 2.71. The van der Waals surface area contributed by atoms with Crippen LogP contribution in [0.15, 0.2) is 24.3 Å². The minimum Gasteiger partial charge on any atom is -0.311 e. The third-order valence-corrected chi connectivity index (χ3v) is 4.08. The Labute approximate surface area is 112 Å². The molecule has 1 N–H and O–H groups in total. The molecule has 1 aromatic carbocycles. The van der Waals surface area contributed by atoms with E-state index in [0.717, 1.165) is 5.92 Å². The maximum absolute atomic E-state index is 3.70. The molecule has 1 heterocycles. The summed E-state index contributed by atoms with van der Waals surface area (Å²) in [5.74, 6) is 1.45. The van der Waals surface area contributed by atoms with Crippen LogP contribution in [0.5, 0.6) is 0 Å². The summed E-state index contributed by atoms with van der Waals surface area (Å²) in [5.41, 5.74) is 2.99. The zero-order chi connectivity index (χ0) is 13.1. The minimum absolute atomic E-state index is 0.662. The molecule has 18 heavy (non-hydrogen) atoms. The van der Waals surface area contributed by atoms with Crippen molar-refractivity contribution in [2.24, 2.45) is 5.92 Å². The van der Waals surface area contributed by atoms with E-state index in [2.05, 4.69) is 57.3 Å². The molecule has 1 aliphatic rings. The lowest BCUT2D eigenvalue weighted by molar-refractivity contribution is 0.517. The van der Waals surface area contributed by atoms with Gasteiger partial charge < -0.3 is 5.32 Å². The van der Waals surface area contributed by atoms with Crippen molar-refractivity contribution < 1.29 is 0 Å². The van der Waals surface area contributed by atoms with Crippen molar-refractivity contribution in [3.8, 4) is 0 Å². The first-order valence-electron chi connectivity index (χ1n) is 7.45. The second-order valence-electron chi connectivity index (χ2n) is 6.26. The van der Waals surface area contributed by atoms with E-state index in [-0.39, 0.29) is 0 Å². The first-order chi connectivity index (χ1) is 8.60. The molecule has 0 radical (unpaired) electrons. The molecule has 1 fully saturated rings. The molecule has 0 saturated carbocycles. The van der Waals surface area contributed by atoms with Gasteiger partial charge in [0.05, 0.1) is 0 Å². The minimum atomic E-state index is 0.662. The molecule has 2 rings (SSSR count). The van der Waals surface area contributed by atoms with E-state index in [0.29, 0.717) is 18.0 Å². The summed E-state index contributed by atoms with van der Waals surface area (Å²) in [6, 6.07) is 10.7. The van der Waals surface area contributed by atoms with Gasteiger partial charge in [0, 0.05) is 18.0 Å². The van der Waals surface area contributed by atoms with Gasteiger partial charge in [-0.1, -0.05) is 45.0 Å². The largest absolute Gasteiger partial charge is 0.311 e. The Kier molecular flexibility index (Phi) is 4.45. The lowest BCUT2D eigenvalue weighted by Crippen LogP contribution is -2.28. The van der Waals surface area contributed by atoms with Gasteiger partial charge >= 0.3 is 0 Å². The summed E-state index contributed by atoms with van der Waals surface area (Å²) in [6.45, 7) is 9.15. The van der Waals surface area contributed by atoms with Crippen LogP contribution in [0.25, 0.3) is 0 Å². The topological polar surface area (TPSA) is 12.0 Å². The Morgan fingerprint density at radius 3 is 2.44 bits per heavy atom. The molecule has 0 aromatic heterocycles. The van der Waals surface area contributed by atoms with Crippen molar-refractivity contribution in [1.82, 2.24) is 5.32 Å². The lowest BCUT2D eigenvalue weighted by Gasteiger charge is -2.18. The van der Waals surface area contributed by atoms with E-state index in [9.17, 15) is 0 Å². The monoisotopic (exact) mass is 245 g/mol. The molecule has 1 saturated heterocycles. The standard InChI is InChI=1S/C17H27N/c1-5-17-16(11-13(4)18-17)15-8-6-14(7-9-15)10-12(2)3/h6-9,12-13,16-18H,5,10-11H2,1-4H3. The van der Waals surface area contributed by atoms with Crippen LogP contribution < -0.4 is 5.32 Å². The van der Waals surface area contributed by atoms with Gasteiger partial charge in [-0.15, -0.1) is 0 Å². The quantitative estimate of drug-likeness (QED) is 0.841. The maximum atomic E-state index is 3.70. The predicted octanol–water partition coefficient (Wildman–Crippen LogP) is 4.13. The van der Waals surface area contributed by atoms with E-state index in [1.807, 2.05) is 0 Å². The van der Waals surface area contributed by atoms with E-state index in [1.54, 1.807) is 0 Å². The van der Waals surface area contributed by atoms with Crippen LogP contribution in [0.1, 0.15) is 57.6 Å². The molecule has 0 amide bonds. The first kappa shape index (κ1) is 13.6. The van der Waals surface area contributed by atoms with E-state index in [1.165, 1.54) is 30.4 Å². The molecule has 3 unspecified atom stereocenters. The van der Waals surface area contributed by atoms with Crippen LogP contribution in [-0.4, -0.2) is 12.1 Å². The van der Waals surface area contributed by atoms with Gasteiger partial charge in [0.25, 0.3) is 0 Å². The summed E-state index contributed by atoms with van der Waals surface area (Å²) in [5, 5.41) is 3.70. The highest BCUT2D eigenvalue weighted by atomic mass is 15.0. The second kappa shape index (κ2) is 5.88. The Hall–Kier alpha value is -0.820. The van der Waals surface area contributed by atoms with Gasteiger partial charge in [-0.2, -0.15) is 0 Å². The van der Waals surface area contributed by atoms with Crippen molar-refractivity contribution in [2.75, 3.05) is 0 Å². The molecule has 1 aliphatic heterocycles. The van der Waals surface area contributed by atoms with Crippen LogP contribution >= 0.6 is 0 Å². The highest BCUT2D eigenvalue weighted by Gasteiger charge is 2.30. The molecular weight excluding hydrogens is 218 g/mol. The maximum Gasteiger partial charge on any atom is 0.0136 e. The SMILES string of the molecule is CCC1NC(C)CC1c1ccc(CC(C)C)cc1. The molecule has 3 atom stereocenters. The Morgan fingerprint density at radius 2 is 1.89 bits per heavy atom. The van der Waals surface area contributed by atoms with Gasteiger partial charge in [0.15, 0.2) is 0 Å². The summed E-state index contributed by atoms with van der Waals surface area (Å²) in [7, 11) is 0. The normalized spacial score (nSPS) is 27.9. The number of hydrogen-bond donors (Lipinski definition) is 1. The van der Waals surface area contributed by atoms with E-state index < -0.39 is 0 Å². The molecule has 1 heteroatoms. The Morgan fingerprint density at radius 1 is 1.22 bits per heavy atom. The van der Waals surface area contributed by atoms with Crippen molar-refractivity contribution >= 4 is 0 Å². The van der Waals surface area contributed by atoms with Crippen molar-refractivity contribution in [3.63, 3.8) is 0 Å². The van der Waals surface area contributed by atoms with Gasteiger partial charge in [-0.3, -0.25) is 0 Å². The van der Waals surface area contributed by atoms with Gasteiger partial charge in [0.1, 0.15) is 0 Å². The third kappa shape index (κ3) is 3.14. The zero-order valence-electron chi connectivity index (χ0n) is 12.2. The fourth-order valence-electron chi connectivity index (χ4n) is 3.24. The molecule has 0 spiro atoms. The highest BCUT2D eigenvalue weighted by Crippen LogP contribution is 2.32. The van der Waals surface area contributed by atoms with E-state index in [4.69, 9.17) is 0 Å². The number of rotatable bonds is 4.